The smallest absolute Gasteiger partial charge is 0.265 e. The Kier molecular flexibility index (Phi) is 4.78. The van der Waals surface area contributed by atoms with Crippen molar-refractivity contribution in [3.05, 3.63) is 39.6 Å². The Morgan fingerprint density at radius 3 is 3.09 bits per heavy atom. The Morgan fingerprint density at radius 2 is 2.22 bits per heavy atom. The predicted molar refractivity (Wildman–Crippen MR) is 84.8 cm³/mol. The number of aromatic nitrogens is 2. The van der Waals surface area contributed by atoms with Gasteiger partial charge in [0.05, 0.1) is 15.7 Å². The van der Waals surface area contributed by atoms with E-state index < -0.39 is 5.91 Å². The molecular weight excluding hydrogens is 343 g/mol. The zero-order valence-corrected chi connectivity index (χ0v) is 13.4. The number of hydrogen-bond donors (Lipinski definition) is 1. The Morgan fingerprint density at radius 1 is 1.35 bits per heavy atom. The molecule has 9 heteroatoms. The SMILES string of the molecule is O=C(CO/N=C1/CCCc2nonc21)Nc1cccc(Cl)c1Cl. The van der Waals surface area contributed by atoms with Crippen molar-refractivity contribution < 1.29 is 14.3 Å². The van der Waals surface area contributed by atoms with Crippen molar-refractivity contribution >= 4 is 40.5 Å². The van der Waals surface area contributed by atoms with Gasteiger partial charge in [0.2, 0.25) is 0 Å². The van der Waals surface area contributed by atoms with Gasteiger partial charge in [-0.15, -0.1) is 0 Å². The van der Waals surface area contributed by atoms with Crippen LogP contribution in [0.25, 0.3) is 0 Å². The second-order valence-corrected chi connectivity index (χ2v) is 5.66. The Balaban J connectivity index is 1.58. The Labute approximate surface area is 141 Å². The lowest BCUT2D eigenvalue weighted by Gasteiger charge is -2.10. The molecule has 1 aromatic carbocycles. The van der Waals surface area contributed by atoms with E-state index in [0.717, 1.165) is 18.5 Å². The molecule has 1 heterocycles. The second kappa shape index (κ2) is 6.97. The maximum absolute atomic E-state index is 11.9. The minimum absolute atomic E-state index is 0.257. The number of fused-ring (bicyclic) bond motifs is 1. The predicted octanol–water partition coefficient (Wildman–Crippen LogP) is 3.07. The number of hydrogen-bond acceptors (Lipinski definition) is 6. The first-order chi connectivity index (χ1) is 11.1. The Bertz CT molecular complexity index is 760. The zero-order chi connectivity index (χ0) is 16.2. The van der Waals surface area contributed by atoms with Crippen molar-refractivity contribution in [3.8, 4) is 0 Å². The van der Waals surface area contributed by atoms with E-state index >= 15 is 0 Å². The van der Waals surface area contributed by atoms with Crippen LogP contribution >= 0.6 is 23.2 Å². The fraction of sp³-hybridized carbons (Fsp3) is 0.286. The molecule has 23 heavy (non-hydrogen) atoms. The lowest BCUT2D eigenvalue weighted by molar-refractivity contribution is -0.120. The fourth-order valence-corrected chi connectivity index (χ4v) is 2.52. The summed E-state index contributed by atoms with van der Waals surface area (Å²) in [5.74, 6) is -0.396. The molecule has 0 fully saturated rings. The molecule has 7 nitrogen and oxygen atoms in total. The number of anilines is 1. The van der Waals surface area contributed by atoms with E-state index in [4.69, 9.17) is 28.0 Å². The third-order valence-electron chi connectivity index (χ3n) is 3.25. The third-order valence-corrected chi connectivity index (χ3v) is 4.07. The minimum Gasteiger partial charge on any atom is -0.385 e. The molecule has 1 amide bonds. The topological polar surface area (TPSA) is 89.6 Å². The molecule has 1 N–H and O–H groups in total. The molecule has 120 valence electrons. The summed E-state index contributed by atoms with van der Waals surface area (Å²) in [7, 11) is 0. The number of carbonyl (C=O) groups is 1. The van der Waals surface area contributed by atoms with Crippen LogP contribution in [0.1, 0.15) is 24.2 Å². The van der Waals surface area contributed by atoms with Crippen LogP contribution in [0, 0.1) is 0 Å². The standard InChI is InChI=1S/C14H12Cl2N4O3/c15-8-3-1-4-9(13(8)16)17-12(21)7-22-18-10-5-2-6-11-14(10)20-23-19-11/h1,3-4H,2,5-7H2,(H,17,21)/b18-10-. The molecule has 0 atom stereocenters. The van der Waals surface area contributed by atoms with Gasteiger partial charge in [0.1, 0.15) is 11.4 Å². The van der Waals surface area contributed by atoms with Gasteiger partial charge < -0.3 is 10.2 Å². The first-order valence-electron chi connectivity index (χ1n) is 6.89. The van der Waals surface area contributed by atoms with Gasteiger partial charge >= 0.3 is 0 Å². The molecule has 1 aliphatic carbocycles. The lowest BCUT2D eigenvalue weighted by Crippen LogP contribution is -2.18. The molecule has 0 radical (unpaired) electrons. The first kappa shape index (κ1) is 15.8. The van der Waals surface area contributed by atoms with Gasteiger partial charge in [-0.1, -0.05) is 39.6 Å². The van der Waals surface area contributed by atoms with E-state index in [1.807, 2.05) is 0 Å². The maximum Gasteiger partial charge on any atom is 0.265 e. The first-order valence-corrected chi connectivity index (χ1v) is 7.65. The second-order valence-electron chi connectivity index (χ2n) is 4.87. The normalized spacial score (nSPS) is 15.3. The summed E-state index contributed by atoms with van der Waals surface area (Å²) >= 11 is 11.9. The van der Waals surface area contributed by atoms with Crippen LogP contribution in [-0.4, -0.2) is 28.5 Å². The molecular formula is C14H12Cl2N4O3. The molecule has 0 saturated heterocycles. The molecule has 0 bridgehead atoms. The van der Waals surface area contributed by atoms with Crippen molar-refractivity contribution in [2.24, 2.45) is 5.16 Å². The van der Waals surface area contributed by atoms with Crippen LogP contribution in [0.5, 0.6) is 0 Å². The van der Waals surface area contributed by atoms with Crippen molar-refractivity contribution in [1.82, 2.24) is 10.3 Å². The summed E-state index contributed by atoms with van der Waals surface area (Å²) in [6, 6.07) is 4.97. The van der Waals surface area contributed by atoms with E-state index in [-0.39, 0.29) is 11.6 Å². The number of halogens is 2. The summed E-state index contributed by atoms with van der Waals surface area (Å²) in [5, 5.41) is 14.8. The highest BCUT2D eigenvalue weighted by molar-refractivity contribution is 6.43. The molecule has 1 aliphatic rings. The summed E-state index contributed by atoms with van der Waals surface area (Å²) < 4.78 is 4.69. The molecule has 3 rings (SSSR count). The van der Waals surface area contributed by atoms with Crippen LogP contribution in [0.2, 0.25) is 10.0 Å². The monoisotopic (exact) mass is 354 g/mol. The number of nitrogens with zero attached hydrogens (tertiary/aromatic N) is 3. The summed E-state index contributed by atoms with van der Waals surface area (Å²) in [6.07, 6.45) is 2.38. The van der Waals surface area contributed by atoms with Crippen LogP contribution in [0.15, 0.2) is 28.0 Å². The molecule has 0 spiro atoms. The average Bonchev–Trinajstić information content (AvgIpc) is 3.01. The van der Waals surface area contributed by atoms with Gasteiger partial charge in [0, 0.05) is 0 Å². The largest absolute Gasteiger partial charge is 0.385 e. The highest BCUT2D eigenvalue weighted by Crippen LogP contribution is 2.29. The molecule has 1 aromatic heterocycles. The molecule has 0 unspecified atom stereocenters. The van der Waals surface area contributed by atoms with Gasteiger partial charge in [-0.05, 0) is 36.6 Å². The van der Waals surface area contributed by atoms with E-state index in [2.05, 4.69) is 25.4 Å². The van der Waals surface area contributed by atoms with Crippen LogP contribution in [0.3, 0.4) is 0 Å². The third kappa shape index (κ3) is 3.62. The van der Waals surface area contributed by atoms with Crippen molar-refractivity contribution in [2.45, 2.75) is 19.3 Å². The van der Waals surface area contributed by atoms with Crippen LogP contribution in [0.4, 0.5) is 5.69 Å². The van der Waals surface area contributed by atoms with Crippen molar-refractivity contribution in [2.75, 3.05) is 11.9 Å². The number of oxime groups is 1. The number of aryl methyl sites for hydroxylation is 1. The van der Waals surface area contributed by atoms with Gasteiger partial charge in [0.25, 0.3) is 5.91 Å². The number of nitrogens with one attached hydrogen (secondary N) is 1. The van der Waals surface area contributed by atoms with Gasteiger partial charge in [-0.2, -0.15) is 0 Å². The van der Waals surface area contributed by atoms with E-state index in [9.17, 15) is 4.79 Å². The van der Waals surface area contributed by atoms with Gasteiger partial charge in [0.15, 0.2) is 12.3 Å². The number of carbonyl (C=O) groups excluding carboxylic acids is 1. The number of benzene rings is 1. The zero-order valence-electron chi connectivity index (χ0n) is 11.9. The lowest BCUT2D eigenvalue weighted by atomic mass is 9.99. The summed E-state index contributed by atoms with van der Waals surface area (Å²) in [5.41, 5.74) is 2.39. The summed E-state index contributed by atoms with van der Waals surface area (Å²) in [6.45, 7) is -0.257. The van der Waals surface area contributed by atoms with E-state index in [0.29, 0.717) is 28.5 Å². The molecule has 0 saturated carbocycles. The van der Waals surface area contributed by atoms with E-state index in [1.54, 1.807) is 18.2 Å². The van der Waals surface area contributed by atoms with Gasteiger partial charge in [-0.25, -0.2) is 4.63 Å². The van der Waals surface area contributed by atoms with Crippen LogP contribution in [-0.2, 0) is 16.1 Å². The Hall–Kier alpha value is -2.12. The minimum atomic E-state index is -0.396. The highest BCUT2D eigenvalue weighted by Gasteiger charge is 2.21. The van der Waals surface area contributed by atoms with Gasteiger partial charge in [-0.3, -0.25) is 4.79 Å². The average molecular weight is 355 g/mol. The highest BCUT2D eigenvalue weighted by atomic mass is 35.5. The van der Waals surface area contributed by atoms with E-state index in [1.165, 1.54) is 0 Å². The molecule has 2 aromatic rings. The number of amides is 1. The maximum atomic E-state index is 11.9. The molecule has 0 aliphatic heterocycles. The van der Waals surface area contributed by atoms with Crippen LogP contribution < -0.4 is 5.32 Å². The quantitative estimate of drug-likeness (QED) is 0.852. The van der Waals surface area contributed by atoms with Crippen molar-refractivity contribution in [1.29, 1.82) is 0 Å². The van der Waals surface area contributed by atoms with Crippen molar-refractivity contribution in [3.63, 3.8) is 0 Å². The fourth-order valence-electron chi connectivity index (χ4n) is 2.18. The number of rotatable bonds is 4. The summed E-state index contributed by atoms with van der Waals surface area (Å²) in [4.78, 5) is 17.0.